The number of rotatable bonds is 8. The Morgan fingerprint density at radius 2 is 2.00 bits per heavy atom. The van der Waals surface area contributed by atoms with Gasteiger partial charge in [0.05, 0.1) is 4.92 Å². The predicted octanol–water partition coefficient (Wildman–Crippen LogP) is 4.05. The Labute approximate surface area is 172 Å². The number of thioether (sulfide) groups is 1. The van der Waals surface area contributed by atoms with Crippen LogP contribution in [0, 0.1) is 17.0 Å². The molecular weight excluding hydrogens is 402 g/mol. The first-order chi connectivity index (χ1) is 13.3. The largest absolute Gasteiger partial charge is 0.340 e. The zero-order valence-electron chi connectivity index (χ0n) is 15.4. The molecule has 0 aliphatic carbocycles. The smallest absolute Gasteiger partial charge is 0.270 e. The van der Waals surface area contributed by atoms with Crippen LogP contribution in [-0.2, 0) is 4.79 Å². The molecule has 0 aliphatic heterocycles. The van der Waals surface area contributed by atoms with E-state index in [1.54, 1.807) is 30.0 Å². The number of nitro benzene ring substituents is 1. The monoisotopic (exact) mass is 421 g/mol. The second-order valence-corrected chi connectivity index (χ2v) is 7.49. The molecule has 2 rings (SSSR count). The van der Waals surface area contributed by atoms with E-state index in [1.807, 2.05) is 13.2 Å². The lowest BCUT2D eigenvalue weighted by atomic mass is 10.1. The van der Waals surface area contributed by atoms with E-state index in [0.717, 1.165) is 5.56 Å². The minimum absolute atomic E-state index is 0.124. The van der Waals surface area contributed by atoms with Crippen molar-refractivity contribution >= 4 is 46.6 Å². The number of carbonyl (C=O) groups is 2. The number of non-ortho nitro benzene ring substituents is 1. The molecule has 0 bridgehead atoms. The lowest BCUT2D eigenvalue weighted by Crippen LogP contribution is -2.44. The highest BCUT2D eigenvalue weighted by molar-refractivity contribution is 7.98. The highest BCUT2D eigenvalue weighted by Gasteiger charge is 2.22. The molecule has 0 fully saturated rings. The third kappa shape index (κ3) is 5.97. The van der Waals surface area contributed by atoms with Gasteiger partial charge in [-0.2, -0.15) is 11.8 Å². The maximum Gasteiger partial charge on any atom is 0.270 e. The molecule has 2 aromatic rings. The Balaban J connectivity index is 2.15. The van der Waals surface area contributed by atoms with Gasteiger partial charge in [0, 0.05) is 28.4 Å². The molecule has 0 radical (unpaired) electrons. The number of aryl methyl sites for hydroxylation is 1. The lowest BCUT2D eigenvalue weighted by Gasteiger charge is -2.19. The summed E-state index contributed by atoms with van der Waals surface area (Å²) < 4.78 is 0. The molecule has 1 atom stereocenters. The van der Waals surface area contributed by atoms with E-state index in [9.17, 15) is 19.7 Å². The van der Waals surface area contributed by atoms with Crippen LogP contribution >= 0.6 is 23.4 Å². The first-order valence-electron chi connectivity index (χ1n) is 8.43. The number of nitro groups is 1. The van der Waals surface area contributed by atoms with Crippen LogP contribution in [0.2, 0.25) is 5.02 Å². The van der Waals surface area contributed by atoms with E-state index >= 15 is 0 Å². The van der Waals surface area contributed by atoms with E-state index in [-0.39, 0.29) is 17.2 Å². The van der Waals surface area contributed by atoms with Crippen molar-refractivity contribution in [3.8, 4) is 0 Å². The second kappa shape index (κ2) is 10.1. The van der Waals surface area contributed by atoms with Gasteiger partial charge in [-0.25, -0.2) is 0 Å². The fourth-order valence-electron chi connectivity index (χ4n) is 2.49. The van der Waals surface area contributed by atoms with Crippen molar-refractivity contribution < 1.29 is 14.5 Å². The van der Waals surface area contributed by atoms with Crippen LogP contribution < -0.4 is 10.6 Å². The standard InChI is InChI=1S/C19H20ClN3O4S/c1-12-10-14(20)6-7-16(12)21-19(25)17(8-9-28-2)22-18(24)13-4-3-5-15(11-13)23(26)27/h3-7,10-11,17H,8-9H2,1-2H3,(H,21,25)(H,22,24). The van der Waals surface area contributed by atoms with Gasteiger partial charge in [-0.3, -0.25) is 19.7 Å². The average Bonchev–Trinajstić information content (AvgIpc) is 2.67. The summed E-state index contributed by atoms with van der Waals surface area (Å²) in [5.74, 6) is -0.247. The zero-order chi connectivity index (χ0) is 20.7. The maximum absolute atomic E-state index is 12.7. The number of hydrogen-bond acceptors (Lipinski definition) is 5. The van der Waals surface area contributed by atoms with Crippen molar-refractivity contribution in [1.82, 2.24) is 5.32 Å². The number of amides is 2. The summed E-state index contributed by atoms with van der Waals surface area (Å²) in [5.41, 5.74) is 1.34. The van der Waals surface area contributed by atoms with Gasteiger partial charge in [-0.05, 0) is 55.2 Å². The number of hydrogen-bond donors (Lipinski definition) is 2. The van der Waals surface area contributed by atoms with Crippen LogP contribution in [0.25, 0.3) is 0 Å². The summed E-state index contributed by atoms with van der Waals surface area (Å²) in [7, 11) is 0. The van der Waals surface area contributed by atoms with E-state index in [2.05, 4.69) is 10.6 Å². The van der Waals surface area contributed by atoms with Crippen molar-refractivity contribution in [2.45, 2.75) is 19.4 Å². The van der Waals surface area contributed by atoms with Crippen molar-refractivity contribution in [2.24, 2.45) is 0 Å². The fraction of sp³-hybridized carbons (Fsp3) is 0.263. The van der Waals surface area contributed by atoms with Crippen LogP contribution in [-0.4, -0.2) is 34.8 Å². The maximum atomic E-state index is 12.7. The summed E-state index contributed by atoms with van der Waals surface area (Å²) in [5, 5.41) is 16.9. The average molecular weight is 422 g/mol. The predicted molar refractivity (Wildman–Crippen MR) is 112 cm³/mol. The van der Waals surface area contributed by atoms with Gasteiger partial charge < -0.3 is 10.6 Å². The Morgan fingerprint density at radius 3 is 2.64 bits per heavy atom. The number of carbonyl (C=O) groups excluding carboxylic acids is 2. The topological polar surface area (TPSA) is 101 Å². The molecule has 2 N–H and O–H groups in total. The quantitative estimate of drug-likeness (QED) is 0.494. The number of halogens is 1. The molecule has 0 saturated heterocycles. The molecular formula is C19H20ClN3O4S. The molecule has 1 unspecified atom stereocenters. The van der Waals surface area contributed by atoms with Crippen LogP contribution in [0.1, 0.15) is 22.3 Å². The summed E-state index contributed by atoms with van der Waals surface area (Å²) in [6, 6.07) is 9.70. The molecule has 28 heavy (non-hydrogen) atoms. The Hall–Kier alpha value is -2.58. The number of anilines is 1. The van der Waals surface area contributed by atoms with Gasteiger partial charge in [-0.1, -0.05) is 17.7 Å². The fourth-order valence-corrected chi connectivity index (χ4v) is 3.19. The van der Waals surface area contributed by atoms with Gasteiger partial charge >= 0.3 is 0 Å². The third-order valence-corrected chi connectivity index (χ3v) is 4.88. The minimum atomic E-state index is -0.783. The molecule has 0 saturated carbocycles. The highest BCUT2D eigenvalue weighted by Crippen LogP contribution is 2.20. The van der Waals surface area contributed by atoms with Crippen molar-refractivity contribution in [2.75, 3.05) is 17.3 Å². The normalized spacial score (nSPS) is 11.5. The molecule has 7 nitrogen and oxygen atoms in total. The molecule has 0 spiro atoms. The Kier molecular flexibility index (Phi) is 7.83. The molecule has 148 valence electrons. The second-order valence-electron chi connectivity index (χ2n) is 6.06. The van der Waals surface area contributed by atoms with Crippen molar-refractivity contribution in [3.63, 3.8) is 0 Å². The SMILES string of the molecule is CSCCC(NC(=O)c1cccc([N+](=O)[O-])c1)C(=O)Nc1ccc(Cl)cc1C. The first-order valence-corrected chi connectivity index (χ1v) is 10.2. The van der Waals surface area contributed by atoms with Gasteiger partial charge in [0.25, 0.3) is 11.6 Å². The third-order valence-electron chi connectivity index (χ3n) is 4.00. The molecule has 2 aromatic carbocycles. The Bertz CT molecular complexity index is 891. The summed E-state index contributed by atoms with van der Waals surface area (Å²) >= 11 is 7.49. The highest BCUT2D eigenvalue weighted by atomic mass is 35.5. The van der Waals surface area contributed by atoms with E-state index in [0.29, 0.717) is 22.9 Å². The van der Waals surface area contributed by atoms with Crippen molar-refractivity contribution in [1.29, 1.82) is 0 Å². The van der Waals surface area contributed by atoms with E-state index < -0.39 is 16.9 Å². The van der Waals surface area contributed by atoms with E-state index in [1.165, 1.54) is 24.3 Å². The van der Waals surface area contributed by atoms with Crippen LogP contribution in [0.15, 0.2) is 42.5 Å². The van der Waals surface area contributed by atoms with Crippen molar-refractivity contribution in [3.05, 3.63) is 68.7 Å². The first kappa shape index (κ1) is 21.7. The number of nitrogens with zero attached hydrogens (tertiary/aromatic N) is 1. The summed E-state index contributed by atoms with van der Waals surface area (Å²) in [4.78, 5) is 35.6. The van der Waals surface area contributed by atoms with E-state index in [4.69, 9.17) is 11.6 Å². The molecule has 0 heterocycles. The zero-order valence-corrected chi connectivity index (χ0v) is 17.0. The molecule has 9 heteroatoms. The van der Waals surface area contributed by atoms with Crippen LogP contribution in [0.3, 0.4) is 0 Å². The minimum Gasteiger partial charge on any atom is -0.340 e. The molecule has 2 amide bonds. The van der Waals surface area contributed by atoms with Crippen LogP contribution in [0.5, 0.6) is 0 Å². The summed E-state index contributed by atoms with van der Waals surface area (Å²) in [6.45, 7) is 1.82. The van der Waals surface area contributed by atoms with Gasteiger partial charge in [0.1, 0.15) is 6.04 Å². The summed E-state index contributed by atoms with van der Waals surface area (Å²) in [6.07, 6.45) is 2.32. The number of benzene rings is 2. The molecule has 0 aliphatic rings. The number of nitrogens with one attached hydrogen (secondary N) is 2. The van der Waals surface area contributed by atoms with Gasteiger partial charge in [0.15, 0.2) is 0 Å². The Morgan fingerprint density at radius 1 is 1.25 bits per heavy atom. The van der Waals surface area contributed by atoms with Gasteiger partial charge in [-0.15, -0.1) is 0 Å². The van der Waals surface area contributed by atoms with Crippen LogP contribution in [0.4, 0.5) is 11.4 Å². The molecule has 0 aromatic heterocycles. The van der Waals surface area contributed by atoms with Gasteiger partial charge in [0.2, 0.25) is 5.91 Å². The lowest BCUT2D eigenvalue weighted by molar-refractivity contribution is -0.384.